The standard InChI is InChI=1S/C22H31N5O2S/c1-3-29-20(28)18-7-6-12-24(15-18)16-26-22(30)27(19-10-8-17(2)9-11-19)21(23-26)25-13-4-5-14-25/h8-11,18H,3-7,12-16H2,1-2H3. The number of benzene rings is 1. The molecule has 0 spiro atoms. The summed E-state index contributed by atoms with van der Waals surface area (Å²) in [6.07, 6.45) is 4.23. The van der Waals surface area contributed by atoms with Crippen molar-refractivity contribution in [3.8, 4) is 5.69 Å². The molecule has 8 heteroatoms. The van der Waals surface area contributed by atoms with Gasteiger partial charge in [-0.05, 0) is 70.4 Å². The number of carbonyl (C=O) groups is 1. The number of ether oxygens (including phenoxy) is 1. The second-order valence-corrected chi connectivity index (χ2v) is 8.62. The summed E-state index contributed by atoms with van der Waals surface area (Å²) in [5, 5.41) is 4.93. The third-order valence-electron chi connectivity index (χ3n) is 5.96. The fourth-order valence-corrected chi connectivity index (χ4v) is 4.64. The maximum absolute atomic E-state index is 12.2. The molecule has 0 N–H and O–H groups in total. The highest BCUT2D eigenvalue weighted by Gasteiger charge is 2.28. The lowest BCUT2D eigenvalue weighted by Crippen LogP contribution is -2.40. The normalized spacial score (nSPS) is 19.9. The molecule has 2 aliphatic heterocycles. The number of hydrogen-bond donors (Lipinski definition) is 0. The van der Waals surface area contributed by atoms with E-state index in [0.29, 0.717) is 24.6 Å². The van der Waals surface area contributed by atoms with Crippen LogP contribution in [0.3, 0.4) is 0 Å². The maximum atomic E-state index is 12.2. The molecule has 2 fully saturated rings. The van der Waals surface area contributed by atoms with E-state index in [0.717, 1.165) is 44.1 Å². The average molecular weight is 430 g/mol. The molecule has 7 nitrogen and oxygen atoms in total. The zero-order chi connectivity index (χ0) is 21.1. The van der Waals surface area contributed by atoms with Crippen molar-refractivity contribution < 1.29 is 9.53 Å². The van der Waals surface area contributed by atoms with Gasteiger partial charge in [0.2, 0.25) is 10.7 Å². The molecule has 1 aromatic heterocycles. The van der Waals surface area contributed by atoms with Gasteiger partial charge in [0.15, 0.2) is 0 Å². The van der Waals surface area contributed by atoms with Crippen LogP contribution in [0.5, 0.6) is 0 Å². The minimum Gasteiger partial charge on any atom is -0.466 e. The van der Waals surface area contributed by atoms with Crippen LogP contribution < -0.4 is 4.90 Å². The van der Waals surface area contributed by atoms with Crippen LogP contribution in [0.2, 0.25) is 0 Å². The molecular weight excluding hydrogens is 398 g/mol. The van der Waals surface area contributed by atoms with Gasteiger partial charge in [0, 0.05) is 19.6 Å². The van der Waals surface area contributed by atoms with E-state index in [-0.39, 0.29) is 11.9 Å². The molecule has 1 unspecified atom stereocenters. The van der Waals surface area contributed by atoms with Crippen LogP contribution >= 0.6 is 12.2 Å². The van der Waals surface area contributed by atoms with Crippen molar-refractivity contribution in [2.45, 2.75) is 46.2 Å². The Morgan fingerprint density at radius 1 is 1.17 bits per heavy atom. The Hall–Kier alpha value is -2.19. The van der Waals surface area contributed by atoms with Gasteiger partial charge in [-0.3, -0.25) is 14.3 Å². The van der Waals surface area contributed by atoms with Gasteiger partial charge in [-0.2, -0.15) is 0 Å². The molecule has 1 aromatic carbocycles. The number of nitrogens with zero attached hydrogens (tertiary/aromatic N) is 5. The molecule has 0 bridgehead atoms. The number of anilines is 1. The highest BCUT2D eigenvalue weighted by Crippen LogP contribution is 2.25. The Bertz CT molecular complexity index is 930. The highest BCUT2D eigenvalue weighted by molar-refractivity contribution is 7.71. The molecule has 0 amide bonds. The van der Waals surface area contributed by atoms with Crippen LogP contribution in [0.25, 0.3) is 5.69 Å². The lowest BCUT2D eigenvalue weighted by Gasteiger charge is -2.31. The summed E-state index contributed by atoms with van der Waals surface area (Å²) in [6, 6.07) is 8.43. The molecular formula is C22H31N5O2S. The van der Waals surface area contributed by atoms with Crippen LogP contribution in [0, 0.1) is 17.6 Å². The molecule has 1 atom stereocenters. The van der Waals surface area contributed by atoms with Crippen molar-refractivity contribution in [2.24, 2.45) is 5.92 Å². The van der Waals surface area contributed by atoms with Gasteiger partial charge in [-0.1, -0.05) is 17.7 Å². The van der Waals surface area contributed by atoms with Crippen molar-refractivity contribution in [3.63, 3.8) is 0 Å². The van der Waals surface area contributed by atoms with Gasteiger partial charge >= 0.3 is 5.97 Å². The molecule has 2 aliphatic rings. The first-order valence-corrected chi connectivity index (χ1v) is 11.4. The molecule has 0 saturated carbocycles. The summed E-state index contributed by atoms with van der Waals surface area (Å²) in [5.41, 5.74) is 2.26. The monoisotopic (exact) mass is 429 g/mol. The molecule has 2 aromatic rings. The predicted octanol–water partition coefficient (Wildman–Crippen LogP) is 3.54. The lowest BCUT2D eigenvalue weighted by molar-refractivity contribution is -0.150. The summed E-state index contributed by atoms with van der Waals surface area (Å²) < 4.78 is 9.94. The fraction of sp³-hybridized carbons (Fsp3) is 0.591. The topological polar surface area (TPSA) is 55.5 Å². The number of hydrogen-bond acceptors (Lipinski definition) is 6. The molecule has 4 rings (SSSR count). The summed E-state index contributed by atoms with van der Waals surface area (Å²) >= 11 is 5.87. The number of likely N-dealkylation sites (tertiary alicyclic amines) is 1. The highest BCUT2D eigenvalue weighted by atomic mass is 32.1. The minimum atomic E-state index is -0.0891. The second-order valence-electron chi connectivity index (χ2n) is 8.26. The summed E-state index contributed by atoms with van der Waals surface area (Å²) in [6.45, 7) is 8.61. The molecule has 3 heterocycles. The zero-order valence-corrected chi connectivity index (χ0v) is 18.7. The first kappa shape index (κ1) is 21.1. The Kier molecular flexibility index (Phi) is 6.53. The van der Waals surface area contributed by atoms with Gasteiger partial charge in [-0.25, -0.2) is 4.68 Å². The van der Waals surface area contributed by atoms with Crippen LogP contribution in [-0.2, 0) is 16.2 Å². The van der Waals surface area contributed by atoms with E-state index in [1.807, 2.05) is 11.6 Å². The first-order valence-electron chi connectivity index (χ1n) is 11.0. The summed E-state index contributed by atoms with van der Waals surface area (Å²) in [4.78, 5) is 16.8. The summed E-state index contributed by atoms with van der Waals surface area (Å²) in [5.74, 6) is 0.763. The number of aryl methyl sites for hydroxylation is 1. The van der Waals surface area contributed by atoms with Crippen molar-refractivity contribution in [1.29, 1.82) is 0 Å². The van der Waals surface area contributed by atoms with E-state index in [9.17, 15) is 4.79 Å². The SMILES string of the molecule is CCOC(=O)C1CCCN(Cn2nc(N3CCCC3)n(-c3ccc(C)cc3)c2=S)C1. The van der Waals surface area contributed by atoms with Crippen LogP contribution in [0.15, 0.2) is 24.3 Å². The molecule has 30 heavy (non-hydrogen) atoms. The van der Waals surface area contributed by atoms with Gasteiger partial charge in [-0.15, -0.1) is 5.10 Å². The largest absolute Gasteiger partial charge is 0.466 e. The number of esters is 1. The third-order valence-corrected chi connectivity index (χ3v) is 6.36. The second kappa shape index (κ2) is 9.31. The van der Waals surface area contributed by atoms with E-state index in [1.165, 1.54) is 18.4 Å². The lowest BCUT2D eigenvalue weighted by atomic mass is 9.99. The van der Waals surface area contributed by atoms with E-state index < -0.39 is 0 Å². The zero-order valence-electron chi connectivity index (χ0n) is 17.9. The van der Waals surface area contributed by atoms with Crippen molar-refractivity contribution >= 4 is 24.1 Å². The van der Waals surface area contributed by atoms with Gasteiger partial charge < -0.3 is 9.64 Å². The number of aromatic nitrogens is 3. The van der Waals surface area contributed by atoms with Crippen molar-refractivity contribution in [1.82, 2.24) is 19.2 Å². The van der Waals surface area contributed by atoms with E-state index in [1.54, 1.807) is 0 Å². The Morgan fingerprint density at radius 3 is 2.60 bits per heavy atom. The predicted molar refractivity (Wildman–Crippen MR) is 120 cm³/mol. The van der Waals surface area contributed by atoms with Crippen LogP contribution in [0.1, 0.15) is 38.2 Å². The van der Waals surface area contributed by atoms with Gasteiger partial charge in [0.05, 0.1) is 24.9 Å². The molecule has 0 aliphatic carbocycles. The Morgan fingerprint density at radius 2 is 1.90 bits per heavy atom. The molecule has 2 saturated heterocycles. The summed E-state index contributed by atoms with van der Waals surface area (Å²) in [7, 11) is 0. The van der Waals surface area contributed by atoms with Crippen LogP contribution in [-0.4, -0.2) is 58.0 Å². The van der Waals surface area contributed by atoms with E-state index in [2.05, 4.69) is 45.6 Å². The van der Waals surface area contributed by atoms with Crippen LogP contribution in [0.4, 0.5) is 5.95 Å². The van der Waals surface area contributed by atoms with E-state index in [4.69, 9.17) is 22.1 Å². The number of rotatable bonds is 6. The van der Waals surface area contributed by atoms with Gasteiger partial charge in [0.1, 0.15) is 0 Å². The smallest absolute Gasteiger partial charge is 0.310 e. The van der Waals surface area contributed by atoms with Gasteiger partial charge in [0.25, 0.3) is 0 Å². The maximum Gasteiger partial charge on any atom is 0.310 e. The fourth-order valence-electron chi connectivity index (χ4n) is 4.36. The number of piperidine rings is 1. The Balaban J connectivity index is 1.60. The molecule has 0 radical (unpaired) electrons. The van der Waals surface area contributed by atoms with Crippen molar-refractivity contribution in [3.05, 3.63) is 34.6 Å². The third kappa shape index (κ3) is 4.44. The first-order chi connectivity index (χ1) is 14.6. The average Bonchev–Trinajstić information content (AvgIpc) is 3.38. The van der Waals surface area contributed by atoms with Crippen molar-refractivity contribution in [2.75, 3.05) is 37.7 Å². The molecule has 162 valence electrons. The quantitative estimate of drug-likeness (QED) is 0.517. The van der Waals surface area contributed by atoms with E-state index >= 15 is 0 Å². The minimum absolute atomic E-state index is 0.0647. The number of carbonyl (C=O) groups excluding carboxylic acids is 1. The Labute approximate surface area is 183 Å².